The number of aryl methyl sites for hydroxylation is 1. The molecule has 1 aromatic carbocycles. The van der Waals surface area contributed by atoms with Crippen LogP contribution in [0.1, 0.15) is 11.1 Å². The minimum Gasteiger partial charge on any atom is -0.351 e. The Balaban J connectivity index is 2.60. The van der Waals surface area contributed by atoms with Gasteiger partial charge in [-0.1, -0.05) is 39.7 Å². The van der Waals surface area contributed by atoms with Crippen LogP contribution in [0.15, 0.2) is 18.2 Å². The SMILES string of the molecule is Cc1ccc(CNC(=O)CBr)cc1Cl. The molecule has 14 heavy (non-hydrogen) atoms. The number of benzene rings is 1. The second-order valence-corrected chi connectivity index (χ2v) is 3.96. The fourth-order valence-corrected chi connectivity index (χ4v) is 1.40. The molecular weight excluding hydrogens is 265 g/mol. The Labute approximate surface area is 96.8 Å². The normalized spacial score (nSPS) is 9.93. The van der Waals surface area contributed by atoms with Gasteiger partial charge in [0.05, 0.1) is 5.33 Å². The first-order valence-electron chi connectivity index (χ1n) is 4.21. The van der Waals surface area contributed by atoms with Gasteiger partial charge in [0.1, 0.15) is 0 Å². The molecule has 4 heteroatoms. The highest BCUT2D eigenvalue weighted by molar-refractivity contribution is 9.09. The molecule has 0 saturated heterocycles. The third-order valence-electron chi connectivity index (χ3n) is 1.85. The van der Waals surface area contributed by atoms with Crippen molar-refractivity contribution in [3.05, 3.63) is 34.3 Å². The smallest absolute Gasteiger partial charge is 0.230 e. The van der Waals surface area contributed by atoms with E-state index in [1.54, 1.807) is 0 Å². The van der Waals surface area contributed by atoms with E-state index in [1.807, 2.05) is 25.1 Å². The average Bonchev–Trinajstić information content (AvgIpc) is 2.19. The molecule has 1 amide bonds. The number of carbonyl (C=O) groups excluding carboxylic acids is 1. The molecule has 1 rings (SSSR count). The maximum absolute atomic E-state index is 10.9. The average molecular weight is 277 g/mol. The van der Waals surface area contributed by atoms with Crippen molar-refractivity contribution in [2.75, 3.05) is 5.33 Å². The maximum atomic E-state index is 10.9. The lowest BCUT2D eigenvalue weighted by atomic mass is 10.1. The Morgan fingerprint density at radius 3 is 2.86 bits per heavy atom. The van der Waals surface area contributed by atoms with Crippen molar-refractivity contribution >= 4 is 33.4 Å². The predicted molar refractivity (Wildman–Crippen MR) is 61.8 cm³/mol. The first kappa shape index (κ1) is 11.5. The molecule has 0 fully saturated rings. The summed E-state index contributed by atoms with van der Waals surface area (Å²) in [7, 11) is 0. The molecular formula is C10H11BrClNO. The third-order valence-corrected chi connectivity index (χ3v) is 2.76. The summed E-state index contributed by atoms with van der Waals surface area (Å²) in [4.78, 5) is 10.9. The Hall–Kier alpha value is -0.540. The largest absolute Gasteiger partial charge is 0.351 e. The van der Waals surface area contributed by atoms with Crippen LogP contribution >= 0.6 is 27.5 Å². The molecule has 0 aliphatic heterocycles. The van der Waals surface area contributed by atoms with E-state index in [1.165, 1.54) is 0 Å². The van der Waals surface area contributed by atoms with Gasteiger partial charge in [-0.3, -0.25) is 4.79 Å². The minimum atomic E-state index is -0.0262. The zero-order chi connectivity index (χ0) is 10.6. The number of hydrogen-bond acceptors (Lipinski definition) is 1. The summed E-state index contributed by atoms with van der Waals surface area (Å²) in [5, 5.41) is 3.81. The van der Waals surface area contributed by atoms with Gasteiger partial charge in [-0.2, -0.15) is 0 Å². The molecule has 0 heterocycles. The van der Waals surface area contributed by atoms with Crippen molar-refractivity contribution in [2.45, 2.75) is 13.5 Å². The molecule has 76 valence electrons. The summed E-state index contributed by atoms with van der Waals surface area (Å²) in [5.74, 6) is -0.0262. The second kappa shape index (κ2) is 5.37. The van der Waals surface area contributed by atoms with Crippen LogP contribution < -0.4 is 5.32 Å². The predicted octanol–water partition coefficient (Wildman–Crippen LogP) is 2.66. The lowest BCUT2D eigenvalue weighted by Crippen LogP contribution is -2.23. The monoisotopic (exact) mass is 275 g/mol. The van der Waals surface area contributed by atoms with E-state index >= 15 is 0 Å². The molecule has 2 nitrogen and oxygen atoms in total. The highest BCUT2D eigenvalue weighted by Gasteiger charge is 2.00. The van der Waals surface area contributed by atoms with Crippen LogP contribution in [0.3, 0.4) is 0 Å². The van der Waals surface area contributed by atoms with Crippen molar-refractivity contribution in [2.24, 2.45) is 0 Å². The lowest BCUT2D eigenvalue weighted by molar-refractivity contribution is -0.118. The van der Waals surface area contributed by atoms with Gasteiger partial charge in [-0.15, -0.1) is 0 Å². The molecule has 0 unspecified atom stereocenters. The number of carbonyl (C=O) groups is 1. The zero-order valence-corrected chi connectivity index (χ0v) is 10.2. The highest BCUT2D eigenvalue weighted by atomic mass is 79.9. The zero-order valence-electron chi connectivity index (χ0n) is 7.81. The number of amides is 1. The fraction of sp³-hybridized carbons (Fsp3) is 0.300. The highest BCUT2D eigenvalue weighted by Crippen LogP contribution is 2.16. The maximum Gasteiger partial charge on any atom is 0.230 e. The van der Waals surface area contributed by atoms with E-state index < -0.39 is 0 Å². The molecule has 0 atom stereocenters. The number of nitrogens with one attached hydrogen (secondary N) is 1. The van der Waals surface area contributed by atoms with E-state index in [0.717, 1.165) is 16.1 Å². The van der Waals surface area contributed by atoms with Crippen LogP contribution in [-0.4, -0.2) is 11.2 Å². The van der Waals surface area contributed by atoms with Gasteiger partial charge >= 0.3 is 0 Å². The van der Waals surface area contributed by atoms with Crippen LogP contribution in [0.4, 0.5) is 0 Å². The van der Waals surface area contributed by atoms with Crippen molar-refractivity contribution < 1.29 is 4.79 Å². The van der Waals surface area contributed by atoms with Crippen molar-refractivity contribution in [1.29, 1.82) is 0 Å². The molecule has 0 radical (unpaired) electrons. The van der Waals surface area contributed by atoms with Gasteiger partial charge in [-0.05, 0) is 24.1 Å². The van der Waals surface area contributed by atoms with Crippen LogP contribution in [0.2, 0.25) is 5.02 Å². The molecule has 1 N–H and O–H groups in total. The Bertz CT molecular complexity index is 341. The van der Waals surface area contributed by atoms with Gasteiger partial charge in [-0.25, -0.2) is 0 Å². The standard InChI is InChI=1S/C10H11BrClNO/c1-7-2-3-8(4-9(7)12)6-13-10(14)5-11/h2-4H,5-6H2,1H3,(H,13,14). The molecule has 0 bridgehead atoms. The molecule has 0 aromatic heterocycles. The summed E-state index contributed by atoms with van der Waals surface area (Å²) in [5.41, 5.74) is 2.05. The Morgan fingerprint density at radius 1 is 1.57 bits per heavy atom. The first-order chi connectivity index (χ1) is 6.63. The topological polar surface area (TPSA) is 29.1 Å². The molecule has 0 aliphatic carbocycles. The fourth-order valence-electron chi connectivity index (χ4n) is 0.994. The minimum absolute atomic E-state index is 0.0262. The van der Waals surface area contributed by atoms with Crippen molar-refractivity contribution in [3.63, 3.8) is 0 Å². The molecule has 0 saturated carbocycles. The van der Waals surface area contributed by atoms with E-state index in [0.29, 0.717) is 11.9 Å². The third kappa shape index (κ3) is 3.31. The summed E-state index contributed by atoms with van der Waals surface area (Å²) >= 11 is 9.02. The van der Waals surface area contributed by atoms with E-state index in [2.05, 4.69) is 21.2 Å². The molecule has 1 aromatic rings. The summed E-state index contributed by atoms with van der Waals surface area (Å²) < 4.78 is 0. The van der Waals surface area contributed by atoms with Gasteiger partial charge in [0, 0.05) is 11.6 Å². The van der Waals surface area contributed by atoms with Crippen molar-refractivity contribution in [1.82, 2.24) is 5.32 Å². The molecule has 0 spiro atoms. The first-order valence-corrected chi connectivity index (χ1v) is 5.71. The number of rotatable bonds is 3. The number of alkyl halides is 1. The van der Waals surface area contributed by atoms with Crippen molar-refractivity contribution in [3.8, 4) is 0 Å². The van der Waals surface area contributed by atoms with Gasteiger partial charge < -0.3 is 5.32 Å². The van der Waals surface area contributed by atoms with E-state index in [-0.39, 0.29) is 5.91 Å². The quantitative estimate of drug-likeness (QED) is 0.845. The second-order valence-electron chi connectivity index (χ2n) is 2.99. The molecule has 0 aliphatic rings. The number of hydrogen-bond donors (Lipinski definition) is 1. The summed E-state index contributed by atoms with van der Waals surface area (Å²) in [6, 6.07) is 5.76. The van der Waals surface area contributed by atoms with Crippen LogP contribution in [0, 0.1) is 6.92 Å². The number of halogens is 2. The van der Waals surface area contributed by atoms with Crippen LogP contribution in [0.5, 0.6) is 0 Å². The van der Waals surface area contributed by atoms with E-state index in [9.17, 15) is 4.79 Å². The lowest BCUT2D eigenvalue weighted by Gasteiger charge is -2.05. The van der Waals surface area contributed by atoms with Crippen LogP contribution in [0.25, 0.3) is 0 Å². The summed E-state index contributed by atoms with van der Waals surface area (Å²) in [6.07, 6.45) is 0. The van der Waals surface area contributed by atoms with E-state index in [4.69, 9.17) is 11.6 Å². The van der Waals surface area contributed by atoms with Gasteiger partial charge in [0.25, 0.3) is 0 Å². The van der Waals surface area contributed by atoms with Gasteiger partial charge in [0.2, 0.25) is 5.91 Å². The summed E-state index contributed by atoms with van der Waals surface area (Å²) in [6.45, 7) is 2.47. The van der Waals surface area contributed by atoms with Gasteiger partial charge in [0.15, 0.2) is 0 Å². The Kier molecular flexibility index (Phi) is 4.42. The Morgan fingerprint density at radius 2 is 2.29 bits per heavy atom. The van der Waals surface area contributed by atoms with Crippen LogP contribution in [-0.2, 0) is 11.3 Å².